The SMILES string of the molecule is CC(C)CC(=O)NC(C(=O)NC(C)c1cccc(OC(F)F)c1)c1ccccc1. The first kappa shape index (κ1) is 22.3. The van der Waals surface area contributed by atoms with Gasteiger partial charge >= 0.3 is 6.61 Å². The molecule has 0 bridgehead atoms. The first-order chi connectivity index (χ1) is 13.8. The fraction of sp³-hybridized carbons (Fsp3) is 0.364. The highest BCUT2D eigenvalue weighted by molar-refractivity contribution is 5.89. The molecule has 2 atom stereocenters. The van der Waals surface area contributed by atoms with E-state index in [1.54, 1.807) is 43.3 Å². The Kier molecular flexibility index (Phi) is 8.12. The molecule has 0 heterocycles. The summed E-state index contributed by atoms with van der Waals surface area (Å²) in [6, 6.07) is 13.8. The van der Waals surface area contributed by atoms with Crippen LogP contribution in [0, 0.1) is 5.92 Å². The van der Waals surface area contributed by atoms with Gasteiger partial charge in [0.05, 0.1) is 6.04 Å². The molecule has 0 fully saturated rings. The van der Waals surface area contributed by atoms with Crippen molar-refractivity contribution in [3.05, 3.63) is 65.7 Å². The number of hydrogen-bond donors (Lipinski definition) is 2. The number of ether oxygens (including phenoxy) is 1. The monoisotopic (exact) mass is 404 g/mol. The molecular weight excluding hydrogens is 378 g/mol. The standard InChI is InChI=1S/C22H26F2N2O3/c1-14(2)12-19(27)26-20(16-8-5-4-6-9-16)21(28)25-15(3)17-10-7-11-18(13-17)29-22(23)24/h4-11,13-15,20,22H,12H2,1-3H3,(H,25,28)(H,26,27). The molecule has 5 nitrogen and oxygen atoms in total. The van der Waals surface area contributed by atoms with Gasteiger partial charge in [0, 0.05) is 6.42 Å². The summed E-state index contributed by atoms with van der Waals surface area (Å²) in [5, 5.41) is 5.62. The van der Waals surface area contributed by atoms with Crippen LogP contribution in [-0.2, 0) is 9.59 Å². The highest BCUT2D eigenvalue weighted by Gasteiger charge is 2.24. The third-order valence-electron chi connectivity index (χ3n) is 4.24. The van der Waals surface area contributed by atoms with Crippen LogP contribution >= 0.6 is 0 Å². The molecule has 0 spiro atoms. The van der Waals surface area contributed by atoms with E-state index in [4.69, 9.17) is 0 Å². The lowest BCUT2D eigenvalue weighted by atomic mass is 10.0. The molecule has 156 valence electrons. The number of benzene rings is 2. The van der Waals surface area contributed by atoms with Crippen molar-refractivity contribution in [1.82, 2.24) is 10.6 Å². The maximum atomic E-state index is 12.9. The summed E-state index contributed by atoms with van der Waals surface area (Å²) in [5.41, 5.74) is 1.26. The van der Waals surface area contributed by atoms with E-state index in [1.807, 2.05) is 19.9 Å². The smallest absolute Gasteiger partial charge is 0.387 e. The molecule has 0 aliphatic heterocycles. The van der Waals surface area contributed by atoms with E-state index in [0.29, 0.717) is 17.5 Å². The van der Waals surface area contributed by atoms with E-state index in [1.165, 1.54) is 12.1 Å². The molecule has 2 N–H and O–H groups in total. The third-order valence-corrected chi connectivity index (χ3v) is 4.24. The van der Waals surface area contributed by atoms with Crippen molar-refractivity contribution in [2.75, 3.05) is 0 Å². The van der Waals surface area contributed by atoms with Gasteiger partial charge in [-0.3, -0.25) is 9.59 Å². The van der Waals surface area contributed by atoms with Crippen LogP contribution in [0.2, 0.25) is 0 Å². The van der Waals surface area contributed by atoms with Crippen LogP contribution in [0.5, 0.6) is 5.75 Å². The number of amides is 2. The molecule has 2 amide bonds. The highest BCUT2D eigenvalue weighted by Crippen LogP contribution is 2.22. The van der Waals surface area contributed by atoms with Crippen LogP contribution < -0.4 is 15.4 Å². The molecule has 0 aromatic heterocycles. The first-order valence-corrected chi connectivity index (χ1v) is 9.45. The van der Waals surface area contributed by atoms with Gasteiger partial charge in [-0.15, -0.1) is 0 Å². The summed E-state index contributed by atoms with van der Waals surface area (Å²) in [4.78, 5) is 25.2. The highest BCUT2D eigenvalue weighted by atomic mass is 19.3. The second-order valence-corrected chi connectivity index (χ2v) is 7.19. The minimum absolute atomic E-state index is 0.0171. The molecule has 2 rings (SSSR count). The molecule has 0 aliphatic carbocycles. The third kappa shape index (κ3) is 7.18. The van der Waals surface area contributed by atoms with Crippen molar-refractivity contribution in [1.29, 1.82) is 0 Å². The summed E-state index contributed by atoms with van der Waals surface area (Å²) in [6.45, 7) is 2.66. The summed E-state index contributed by atoms with van der Waals surface area (Å²) in [5.74, 6) is -0.431. The number of nitrogens with one attached hydrogen (secondary N) is 2. The van der Waals surface area contributed by atoms with Crippen molar-refractivity contribution in [3.8, 4) is 5.75 Å². The molecule has 0 saturated carbocycles. The molecule has 0 saturated heterocycles. The molecule has 2 aromatic rings. The number of halogens is 2. The maximum absolute atomic E-state index is 12.9. The van der Waals surface area contributed by atoms with E-state index in [-0.39, 0.29) is 23.5 Å². The van der Waals surface area contributed by atoms with Crippen LogP contribution in [-0.4, -0.2) is 18.4 Å². The number of hydrogen-bond acceptors (Lipinski definition) is 3. The quantitative estimate of drug-likeness (QED) is 0.652. The Bertz CT molecular complexity index is 813. The van der Waals surface area contributed by atoms with E-state index in [2.05, 4.69) is 15.4 Å². The van der Waals surface area contributed by atoms with Gasteiger partial charge in [0.2, 0.25) is 11.8 Å². The second-order valence-electron chi connectivity index (χ2n) is 7.19. The maximum Gasteiger partial charge on any atom is 0.387 e. The Morgan fingerprint density at radius 2 is 1.59 bits per heavy atom. The average molecular weight is 404 g/mol. The zero-order chi connectivity index (χ0) is 21.4. The van der Waals surface area contributed by atoms with Crippen molar-refractivity contribution >= 4 is 11.8 Å². The van der Waals surface area contributed by atoms with Crippen LogP contribution in [0.3, 0.4) is 0 Å². The predicted octanol–water partition coefficient (Wildman–Crippen LogP) is 4.37. The Morgan fingerprint density at radius 1 is 0.931 bits per heavy atom. The summed E-state index contributed by atoms with van der Waals surface area (Å²) in [7, 11) is 0. The van der Waals surface area contributed by atoms with Crippen molar-refractivity contribution in [3.63, 3.8) is 0 Å². The lowest BCUT2D eigenvalue weighted by molar-refractivity contribution is -0.130. The fourth-order valence-corrected chi connectivity index (χ4v) is 2.88. The van der Waals surface area contributed by atoms with Crippen molar-refractivity contribution in [2.24, 2.45) is 5.92 Å². The Morgan fingerprint density at radius 3 is 2.21 bits per heavy atom. The average Bonchev–Trinajstić information content (AvgIpc) is 2.65. The van der Waals surface area contributed by atoms with E-state index >= 15 is 0 Å². The number of rotatable bonds is 9. The number of alkyl halides is 2. The first-order valence-electron chi connectivity index (χ1n) is 9.45. The van der Waals surface area contributed by atoms with E-state index < -0.39 is 18.7 Å². The van der Waals surface area contributed by atoms with Gasteiger partial charge in [-0.05, 0) is 36.1 Å². The summed E-state index contributed by atoms with van der Waals surface area (Å²) >= 11 is 0. The van der Waals surface area contributed by atoms with Crippen LogP contribution in [0.4, 0.5) is 8.78 Å². The minimum atomic E-state index is -2.92. The lowest BCUT2D eigenvalue weighted by Crippen LogP contribution is -2.41. The molecule has 0 aliphatic rings. The van der Waals surface area contributed by atoms with Gasteiger partial charge in [-0.25, -0.2) is 0 Å². The minimum Gasteiger partial charge on any atom is -0.435 e. The molecule has 29 heavy (non-hydrogen) atoms. The largest absolute Gasteiger partial charge is 0.435 e. The van der Waals surface area contributed by atoms with E-state index in [0.717, 1.165) is 0 Å². The number of carbonyl (C=O) groups excluding carboxylic acids is 2. The Labute approximate surface area is 169 Å². The van der Waals surface area contributed by atoms with Crippen molar-refractivity contribution in [2.45, 2.75) is 45.9 Å². The van der Waals surface area contributed by atoms with Gasteiger partial charge in [-0.1, -0.05) is 56.3 Å². The van der Waals surface area contributed by atoms with Gasteiger partial charge in [0.15, 0.2) is 0 Å². The second kappa shape index (κ2) is 10.5. The Hall–Kier alpha value is -2.96. The number of carbonyl (C=O) groups is 2. The Balaban J connectivity index is 2.15. The molecule has 2 unspecified atom stereocenters. The van der Waals surface area contributed by atoms with E-state index in [9.17, 15) is 18.4 Å². The summed E-state index contributed by atoms with van der Waals surface area (Å²) < 4.78 is 29.3. The van der Waals surface area contributed by atoms with Crippen LogP contribution in [0.15, 0.2) is 54.6 Å². The van der Waals surface area contributed by atoms with Crippen LogP contribution in [0.25, 0.3) is 0 Å². The summed E-state index contributed by atoms with van der Waals surface area (Å²) in [6.07, 6.45) is 0.305. The predicted molar refractivity (Wildman–Crippen MR) is 106 cm³/mol. The van der Waals surface area contributed by atoms with Gasteiger partial charge in [0.1, 0.15) is 11.8 Å². The van der Waals surface area contributed by atoms with Gasteiger partial charge in [0.25, 0.3) is 0 Å². The van der Waals surface area contributed by atoms with Crippen LogP contribution in [0.1, 0.15) is 50.4 Å². The molecule has 7 heteroatoms. The normalized spacial score (nSPS) is 13.1. The van der Waals surface area contributed by atoms with Gasteiger partial charge < -0.3 is 15.4 Å². The lowest BCUT2D eigenvalue weighted by Gasteiger charge is -2.22. The van der Waals surface area contributed by atoms with Crippen molar-refractivity contribution < 1.29 is 23.1 Å². The zero-order valence-electron chi connectivity index (χ0n) is 16.7. The topological polar surface area (TPSA) is 67.4 Å². The zero-order valence-corrected chi connectivity index (χ0v) is 16.7. The molecule has 2 aromatic carbocycles. The molecule has 0 radical (unpaired) electrons. The molecular formula is C22H26F2N2O3. The van der Waals surface area contributed by atoms with Gasteiger partial charge in [-0.2, -0.15) is 8.78 Å². The fourth-order valence-electron chi connectivity index (χ4n) is 2.88.